The number of ether oxygens (including phenoxy) is 2. The molecule has 7 nitrogen and oxygen atoms in total. The van der Waals surface area contributed by atoms with Crippen LogP contribution in [0.5, 0.6) is 11.5 Å². The van der Waals surface area contributed by atoms with E-state index in [-0.39, 0.29) is 29.7 Å². The number of nitrogens with one attached hydrogen (secondary N) is 1. The second kappa shape index (κ2) is 10.1. The van der Waals surface area contributed by atoms with Gasteiger partial charge in [-0.3, -0.25) is 9.78 Å². The topological polar surface area (TPSA) is 68.6 Å². The zero-order chi connectivity index (χ0) is 23.1. The Morgan fingerprint density at radius 2 is 1.80 bits per heavy atom. The minimum absolute atomic E-state index is 0. The molecule has 0 saturated carbocycles. The summed E-state index contributed by atoms with van der Waals surface area (Å²) in [6.45, 7) is 5.27. The second-order valence-electron chi connectivity index (χ2n) is 9.48. The molecule has 3 aromatic rings. The van der Waals surface area contributed by atoms with Gasteiger partial charge in [0, 0.05) is 49.3 Å². The van der Waals surface area contributed by atoms with E-state index >= 15 is 0 Å². The molecule has 0 amide bonds. The van der Waals surface area contributed by atoms with Crippen molar-refractivity contribution in [2.45, 2.75) is 44.3 Å². The smallest absolute Gasteiger partial charge is 0.251 e. The van der Waals surface area contributed by atoms with Crippen molar-refractivity contribution in [2.24, 2.45) is 0 Å². The Morgan fingerprint density at radius 1 is 1.03 bits per heavy atom. The number of nitrogens with zero attached hydrogens (tertiary/aromatic N) is 3. The van der Waals surface area contributed by atoms with Crippen LogP contribution < -0.4 is 20.3 Å². The number of aromatic nitrogens is 2. The van der Waals surface area contributed by atoms with E-state index in [1.54, 1.807) is 29.0 Å². The van der Waals surface area contributed by atoms with E-state index in [1.165, 1.54) is 0 Å². The fourth-order valence-corrected chi connectivity index (χ4v) is 5.59. The second-order valence-corrected chi connectivity index (χ2v) is 9.48. The number of aryl methyl sites for hydroxylation is 1. The Hall–Kier alpha value is -2.68. The molecule has 0 spiro atoms. The standard InChI is InChI=1S/C26H29FN4O3.ClH/c27-21-3-1-17-2-4-24(32)31-10-5-18(25(21)26(17)31)16-30-8-6-19(7-9-30)28-14-20-13-22-23(15-29-20)34-12-11-33-22;/h1-4,13,15,18-19,28H,5-12,14,16H2;1H. The molecule has 0 bridgehead atoms. The summed E-state index contributed by atoms with van der Waals surface area (Å²) in [5.41, 5.74) is 2.40. The predicted molar refractivity (Wildman–Crippen MR) is 134 cm³/mol. The molecular weight excluding hydrogens is 471 g/mol. The van der Waals surface area contributed by atoms with Crippen LogP contribution in [0.4, 0.5) is 4.39 Å². The third-order valence-electron chi connectivity index (χ3n) is 7.37. The third-order valence-corrected chi connectivity index (χ3v) is 7.37. The summed E-state index contributed by atoms with van der Waals surface area (Å²) in [7, 11) is 0. The maximum Gasteiger partial charge on any atom is 0.251 e. The summed E-state index contributed by atoms with van der Waals surface area (Å²) in [6, 6.07) is 9.11. The normalized spacial score (nSPS) is 20.0. The van der Waals surface area contributed by atoms with Gasteiger partial charge < -0.3 is 24.3 Å². The lowest BCUT2D eigenvalue weighted by Crippen LogP contribution is -2.44. The third kappa shape index (κ3) is 4.75. The number of fused-ring (bicyclic) bond motifs is 1. The predicted octanol–water partition coefficient (Wildman–Crippen LogP) is 3.47. The molecule has 0 radical (unpaired) electrons. The first-order valence-corrected chi connectivity index (χ1v) is 12.2. The van der Waals surface area contributed by atoms with Gasteiger partial charge >= 0.3 is 0 Å². The maximum absolute atomic E-state index is 14.9. The Balaban J connectivity index is 0.00000253. The van der Waals surface area contributed by atoms with Crippen LogP contribution >= 0.6 is 12.4 Å². The minimum Gasteiger partial charge on any atom is -0.486 e. The number of rotatable bonds is 5. The number of hydrogen-bond acceptors (Lipinski definition) is 6. The summed E-state index contributed by atoms with van der Waals surface area (Å²) in [4.78, 5) is 19.3. The molecule has 1 fully saturated rings. The molecule has 3 aliphatic heterocycles. The van der Waals surface area contributed by atoms with E-state index in [2.05, 4.69) is 15.2 Å². The van der Waals surface area contributed by atoms with E-state index < -0.39 is 0 Å². The maximum atomic E-state index is 14.9. The van der Waals surface area contributed by atoms with Crippen LogP contribution in [0.3, 0.4) is 0 Å². The molecule has 1 unspecified atom stereocenters. The van der Waals surface area contributed by atoms with Crippen LogP contribution in [0, 0.1) is 5.82 Å². The van der Waals surface area contributed by atoms with Crippen LogP contribution in [0.15, 0.2) is 41.3 Å². The first-order chi connectivity index (χ1) is 16.7. The molecule has 9 heteroatoms. The summed E-state index contributed by atoms with van der Waals surface area (Å²) >= 11 is 0. The van der Waals surface area contributed by atoms with Gasteiger partial charge in [-0.15, -0.1) is 12.4 Å². The number of piperidine rings is 1. The summed E-state index contributed by atoms with van der Waals surface area (Å²) in [5.74, 6) is 1.40. The first kappa shape index (κ1) is 24.0. The summed E-state index contributed by atoms with van der Waals surface area (Å²) in [5, 5.41) is 4.57. The average molecular weight is 501 g/mol. The van der Waals surface area contributed by atoms with E-state index in [0.29, 0.717) is 43.7 Å². The molecule has 5 heterocycles. The van der Waals surface area contributed by atoms with Gasteiger partial charge in [0.25, 0.3) is 5.56 Å². The highest BCUT2D eigenvalue weighted by atomic mass is 35.5. The zero-order valence-electron chi connectivity index (χ0n) is 19.5. The van der Waals surface area contributed by atoms with Crippen LogP contribution in [-0.4, -0.2) is 53.3 Å². The number of pyridine rings is 2. The van der Waals surface area contributed by atoms with Crippen molar-refractivity contribution in [1.29, 1.82) is 0 Å². The largest absolute Gasteiger partial charge is 0.486 e. The van der Waals surface area contributed by atoms with Gasteiger partial charge in [-0.1, -0.05) is 0 Å². The Bertz CT molecular complexity index is 1280. The number of benzene rings is 1. The van der Waals surface area contributed by atoms with E-state index in [9.17, 15) is 9.18 Å². The molecule has 186 valence electrons. The fourth-order valence-electron chi connectivity index (χ4n) is 5.59. The molecule has 3 aliphatic rings. The molecule has 1 N–H and O–H groups in total. The number of hydrogen-bond donors (Lipinski definition) is 1. The van der Waals surface area contributed by atoms with Crippen molar-refractivity contribution in [3.05, 3.63) is 64.0 Å². The lowest BCUT2D eigenvalue weighted by molar-refractivity contribution is 0.170. The fraction of sp³-hybridized carbons (Fsp3) is 0.462. The van der Waals surface area contributed by atoms with Crippen molar-refractivity contribution in [1.82, 2.24) is 19.8 Å². The summed E-state index contributed by atoms with van der Waals surface area (Å²) in [6.07, 6.45) is 4.62. The SMILES string of the molecule is Cl.O=c1ccc2ccc(F)c3c2n1CCC3CN1CCC(NCc2cc3c(cn2)OCCO3)CC1. The summed E-state index contributed by atoms with van der Waals surface area (Å²) < 4.78 is 27.9. The van der Waals surface area contributed by atoms with Crippen LogP contribution in [-0.2, 0) is 13.1 Å². The Morgan fingerprint density at radius 3 is 2.63 bits per heavy atom. The Labute approximate surface area is 209 Å². The molecule has 0 aliphatic carbocycles. The molecule has 1 aromatic carbocycles. The number of likely N-dealkylation sites (tertiary alicyclic amines) is 1. The van der Waals surface area contributed by atoms with E-state index in [1.807, 2.05) is 12.1 Å². The van der Waals surface area contributed by atoms with Gasteiger partial charge in [-0.25, -0.2) is 4.39 Å². The highest BCUT2D eigenvalue weighted by Gasteiger charge is 2.29. The van der Waals surface area contributed by atoms with Gasteiger partial charge in [-0.05, 0) is 55.9 Å². The minimum atomic E-state index is -0.194. The average Bonchev–Trinajstić information content (AvgIpc) is 2.87. The van der Waals surface area contributed by atoms with Crippen molar-refractivity contribution < 1.29 is 13.9 Å². The van der Waals surface area contributed by atoms with E-state index in [4.69, 9.17) is 9.47 Å². The van der Waals surface area contributed by atoms with Crippen LogP contribution in [0.2, 0.25) is 0 Å². The van der Waals surface area contributed by atoms with E-state index in [0.717, 1.165) is 61.2 Å². The van der Waals surface area contributed by atoms with Crippen molar-refractivity contribution in [3.8, 4) is 11.5 Å². The highest BCUT2D eigenvalue weighted by molar-refractivity contribution is 5.85. The Kier molecular flexibility index (Phi) is 6.95. The van der Waals surface area contributed by atoms with Gasteiger partial charge in [0.05, 0.1) is 17.4 Å². The number of halogens is 2. The lowest BCUT2D eigenvalue weighted by Gasteiger charge is -2.36. The lowest BCUT2D eigenvalue weighted by atomic mass is 9.88. The quantitative estimate of drug-likeness (QED) is 0.578. The molecular formula is C26H30ClFN4O3. The molecule has 1 atom stereocenters. The first-order valence-electron chi connectivity index (χ1n) is 12.2. The van der Waals surface area contributed by atoms with Gasteiger partial charge in [0.15, 0.2) is 11.5 Å². The molecule has 2 aromatic heterocycles. The van der Waals surface area contributed by atoms with Crippen molar-refractivity contribution in [2.75, 3.05) is 32.8 Å². The van der Waals surface area contributed by atoms with Crippen LogP contribution in [0.25, 0.3) is 10.9 Å². The van der Waals surface area contributed by atoms with Gasteiger partial charge in [0.2, 0.25) is 0 Å². The molecule has 35 heavy (non-hydrogen) atoms. The van der Waals surface area contributed by atoms with Crippen molar-refractivity contribution >= 4 is 23.3 Å². The van der Waals surface area contributed by atoms with Gasteiger partial charge in [-0.2, -0.15) is 0 Å². The zero-order valence-corrected chi connectivity index (χ0v) is 20.4. The molecule has 6 rings (SSSR count). The molecule has 1 saturated heterocycles. The van der Waals surface area contributed by atoms with Gasteiger partial charge in [0.1, 0.15) is 19.0 Å². The highest BCUT2D eigenvalue weighted by Crippen LogP contribution is 2.35. The van der Waals surface area contributed by atoms with Crippen LogP contribution in [0.1, 0.15) is 36.4 Å². The van der Waals surface area contributed by atoms with Crippen molar-refractivity contribution in [3.63, 3.8) is 0 Å². The monoisotopic (exact) mass is 500 g/mol.